The summed E-state index contributed by atoms with van der Waals surface area (Å²) in [7, 11) is 0. The van der Waals surface area contributed by atoms with Gasteiger partial charge in [-0.1, -0.05) is 13.8 Å². The highest BCUT2D eigenvalue weighted by Gasteiger charge is 2.16. The maximum Gasteiger partial charge on any atom is 0.226 e. The Kier molecular flexibility index (Phi) is 5.11. The molecule has 1 amide bonds. The normalized spacial score (nSPS) is 11.5. The van der Waals surface area contributed by atoms with Gasteiger partial charge in [0.15, 0.2) is 5.65 Å². The minimum absolute atomic E-state index is 0.0511. The molecule has 0 radical (unpaired) electrons. The molecule has 6 heterocycles. The predicted octanol–water partition coefficient (Wildman–Crippen LogP) is 5.89. The zero-order chi connectivity index (χ0) is 23.9. The van der Waals surface area contributed by atoms with Gasteiger partial charge in [0.25, 0.3) is 0 Å². The van der Waals surface area contributed by atoms with Crippen LogP contribution in [0.3, 0.4) is 0 Å². The van der Waals surface area contributed by atoms with E-state index in [0.29, 0.717) is 11.3 Å². The number of nitrogens with one attached hydrogen (secondary N) is 3. The first-order valence-electron chi connectivity index (χ1n) is 11.2. The third kappa shape index (κ3) is 3.85. The van der Waals surface area contributed by atoms with Gasteiger partial charge in [-0.15, -0.1) is 0 Å². The van der Waals surface area contributed by atoms with Crippen LogP contribution in [0.2, 0.25) is 0 Å². The maximum absolute atomic E-state index is 12.1. The summed E-state index contributed by atoms with van der Waals surface area (Å²) in [5.74, 6) is -0.165. The Hall–Kier alpha value is -4.37. The van der Waals surface area contributed by atoms with Crippen LogP contribution in [-0.4, -0.2) is 36.0 Å². The van der Waals surface area contributed by atoms with Gasteiger partial charge in [0.1, 0.15) is 0 Å². The number of hydrogen-bond donors (Lipinski definition) is 3. The fourth-order valence-corrected chi connectivity index (χ4v) is 4.67. The van der Waals surface area contributed by atoms with Crippen LogP contribution in [0.5, 0.6) is 0 Å². The molecule has 0 unspecified atom stereocenters. The van der Waals surface area contributed by atoms with E-state index in [1.807, 2.05) is 38.2 Å². The van der Waals surface area contributed by atoms with Crippen LogP contribution in [0.1, 0.15) is 13.8 Å². The highest BCUT2D eigenvalue weighted by molar-refractivity contribution is 7.08. The highest BCUT2D eigenvalue weighted by Crippen LogP contribution is 2.34. The lowest BCUT2D eigenvalue weighted by Crippen LogP contribution is -2.17. The fraction of sp³-hybridized carbons (Fsp3) is 0.115. The third-order valence-corrected chi connectivity index (χ3v) is 6.57. The molecule has 0 atom stereocenters. The first-order chi connectivity index (χ1) is 17.1. The molecular weight excluding hydrogens is 458 g/mol. The number of hydrogen-bond acceptors (Lipinski definition) is 6. The molecule has 3 N–H and O–H groups in total. The Bertz CT molecular complexity index is 1680. The van der Waals surface area contributed by atoms with Gasteiger partial charge in [-0.05, 0) is 35.7 Å². The Balaban J connectivity index is 1.41. The first-order valence-corrected chi connectivity index (χ1v) is 12.1. The molecule has 0 saturated carbocycles. The molecule has 172 valence electrons. The molecule has 9 heteroatoms. The number of rotatable bonds is 5. The fourth-order valence-electron chi connectivity index (χ4n) is 4.03. The van der Waals surface area contributed by atoms with Crippen molar-refractivity contribution < 1.29 is 4.79 Å². The summed E-state index contributed by atoms with van der Waals surface area (Å²) < 4.78 is 0. The lowest BCUT2D eigenvalue weighted by molar-refractivity contribution is -0.118. The standard InChI is InChI=1S/C26H21N7OS/c1-14(2)26(34)30-18-7-16(10-27-12-18)17-8-20-24(32-33-25(20)29-11-17)22-9-19-21(31-22)3-5-28-23(19)15-4-6-35-13-15/h3-14,31H,1-2H3,(H,30,34)(H,29,32,33). The quantitative estimate of drug-likeness (QED) is 0.286. The van der Waals surface area contributed by atoms with Gasteiger partial charge in [0, 0.05) is 62.9 Å². The van der Waals surface area contributed by atoms with E-state index in [4.69, 9.17) is 0 Å². The molecule has 8 nitrogen and oxygen atoms in total. The van der Waals surface area contributed by atoms with E-state index < -0.39 is 0 Å². The molecule has 6 rings (SSSR count). The maximum atomic E-state index is 12.1. The van der Waals surface area contributed by atoms with Crippen LogP contribution in [0, 0.1) is 5.92 Å². The number of thiophene rings is 1. The van der Waals surface area contributed by atoms with Crippen LogP contribution in [0.4, 0.5) is 5.69 Å². The predicted molar refractivity (Wildman–Crippen MR) is 139 cm³/mol. The zero-order valence-corrected chi connectivity index (χ0v) is 19.9. The molecule has 0 aliphatic rings. The Morgan fingerprint density at radius 1 is 1.00 bits per heavy atom. The number of pyridine rings is 3. The Morgan fingerprint density at radius 2 is 1.89 bits per heavy atom. The van der Waals surface area contributed by atoms with E-state index in [0.717, 1.165) is 50.1 Å². The monoisotopic (exact) mass is 479 g/mol. The van der Waals surface area contributed by atoms with E-state index in [1.165, 1.54) is 0 Å². The molecule has 6 aromatic rings. The second-order valence-electron chi connectivity index (χ2n) is 8.62. The largest absolute Gasteiger partial charge is 0.353 e. The lowest BCUT2D eigenvalue weighted by Gasteiger charge is -2.09. The van der Waals surface area contributed by atoms with Crippen LogP contribution in [-0.2, 0) is 4.79 Å². The summed E-state index contributed by atoms with van der Waals surface area (Å²) in [4.78, 5) is 29.1. The minimum Gasteiger partial charge on any atom is -0.353 e. The van der Waals surface area contributed by atoms with Gasteiger partial charge in [-0.25, -0.2) is 4.98 Å². The first kappa shape index (κ1) is 21.2. The number of aromatic amines is 2. The summed E-state index contributed by atoms with van der Waals surface area (Å²) >= 11 is 1.65. The summed E-state index contributed by atoms with van der Waals surface area (Å²) in [5, 5.41) is 16.5. The van der Waals surface area contributed by atoms with Crippen LogP contribution < -0.4 is 5.32 Å². The van der Waals surface area contributed by atoms with Crippen molar-refractivity contribution in [3.05, 3.63) is 65.9 Å². The average molecular weight is 480 g/mol. The zero-order valence-electron chi connectivity index (χ0n) is 19.0. The summed E-state index contributed by atoms with van der Waals surface area (Å²) in [5.41, 5.74) is 7.80. The number of fused-ring (bicyclic) bond motifs is 2. The average Bonchev–Trinajstić information content (AvgIpc) is 3.62. The van der Waals surface area contributed by atoms with Gasteiger partial charge in [0.2, 0.25) is 5.91 Å². The molecule has 0 fully saturated rings. The third-order valence-electron chi connectivity index (χ3n) is 5.89. The summed E-state index contributed by atoms with van der Waals surface area (Å²) in [6, 6.07) is 10.1. The van der Waals surface area contributed by atoms with Crippen LogP contribution >= 0.6 is 11.3 Å². The van der Waals surface area contributed by atoms with Crippen molar-refractivity contribution in [1.29, 1.82) is 0 Å². The number of carbonyl (C=O) groups is 1. The topological polar surface area (TPSA) is 112 Å². The molecule has 0 bridgehead atoms. The molecule has 0 aliphatic carbocycles. The van der Waals surface area contributed by atoms with Gasteiger partial charge in [-0.3, -0.25) is 19.9 Å². The number of H-pyrrole nitrogens is 2. The highest BCUT2D eigenvalue weighted by atomic mass is 32.1. The SMILES string of the molecule is CC(C)C(=O)Nc1cncc(-c2cnc3n[nH]c(-c4cc5c(-c6ccsc6)nccc5[nH]4)c3c2)c1. The van der Waals surface area contributed by atoms with E-state index >= 15 is 0 Å². The number of amides is 1. The molecule has 6 aromatic heterocycles. The van der Waals surface area contributed by atoms with E-state index in [2.05, 4.69) is 58.3 Å². The van der Waals surface area contributed by atoms with Crippen molar-refractivity contribution >= 4 is 44.9 Å². The van der Waals surface area contributed by atoms with Gasteiger partial charge in [-0.2, -0.15) is 16.4 Å². The summed E-state index contributed by atoms with van der Waals surface area (Å²) in [6.45, 7) is 3.71. The summed E-state index contributed by atoms with van der Waals surface area (Å²) in [6.07, 6.45) is 6.98. The minimum atomic E-state index is -0.114. The Labute approximate surface area is 204 Å². The number of anilines is 1. The lowest BCUT2D eigenvalue weighted by atomic mass is 10.1. The molecular formula is C26H21N7OS. The van der Waals surface area contributed by atoms with Crippen LogP contribution in [0.25, 0.3) is 55.7 Å². The van der Waals surface area contributed by atoms with Crippen molar-refractivity contribution in [3.63, 3.8) is 0 Å². The van der Waals surface area contributed by atoms with Crippen molar-refractivity contribution in [2.45, 2.75) is 13.8 Å². The van der Waals surface area contributed by atoms with Crippen molar-refractivity contribution in [2.75, 3.05) is 5.32 Å². The second-order valence-corrected chi connectivity index (χ2v) is 9.40. The molecule has 0 saturated heterocycles. The van der Waals surface area contributed by atoms with Crippen LogP contribution in [0.15, 0.2) is 65.9 Å². The molecule has 35 heavy (non-hydrogen) atoms. The smallest absolute Gasteiger partial charge is 0.226 e. The van der Waals surface area contributed by atoms with Crippen molar-refractivity contribution in [2.24, 2.45) is 5.92 Å². The number of aromatic nitrogens is 6. The van der Waals surface area contributed by atoms with Crippen molar-refractivity contribution in [3.8, 4) is 33.8 Å². The number of carbonyl (C=O) groups excluding carboxylic acids is 1. The number of nitrogens with zero attached hydrogens (tertiary/aromatic N) is 4. The molecule has 0 aliphatic heterocycles. The molecule has 0 spiro atoms. The second kappa shape index (κ2) is 8.44. The van der Waals surface area contributed by atoms with E-state index in [9.17, 15) is 4.79 Å². The Morgan fingerprint density at radius 3 is 2.71 bits per heavy atom. The van der Waals surface area contributed by atoms with E-state index in [-0.39, 0.29) is 11.8 Å². The van der Waals surface area contributed by atoms with Crippen molar-refractivity contribution in [1.82, 2.24) is 30.1 Å². The molecule has 0 aromatic carbocycles. The van der Waals surface area contributed by atoms with Gasteiger partial charge >= 0.3 is 0 Å². The van der Waals surface area contributed by atoms with Gasteiger partial charge in [0.05, 0.1) is 29.0 Å². The van der Waals surface area contributed by atoms with Gasteiger partial charge < -0.3 is 10.3 Å². The van der Waals surface area contributed by atoms with E-state index in [1.54, 1.807) is 29.9 Å².